The fourth-order valence-electron chi connectivity index (χ4n) is 6.01. The van der Waals surface area contributed by atoms with Gasteiger partial charge in [0.25, 0.3) is 0 Å². The van der Waals surface area contributed by atoms with Gasteiger partial charge < -0.3 is 9.47 Å². The molecule has 33 heavy (non-hydrogen) atoms. The third-order valence-electron chi connectivity index (χ3n) is 8.40. The van der Waals surface area contributed by atoms with E-state index in [-0.39, 0.29) is 12.1 Å². The Kier molecular flexibility index (Phi) is 11.0. The molecule has 2 nitrogen and oxygen atoms in total. The Labute approximate surface area is 200 Å². The Hall–Kier alpha value is -1.58. The van der Waals surface area contributed by atoms with Gasteiger partial charge in [0.1, 0.15) is 6.33 Å². The van der Waals surface area contributed by atoms with Gasteiger partial charge in [0.15, 0.2) is 11.6 Å². The summed E-state index contributed by atoms with van der Waals surface area (Å²) in [4.78, 5) is 0. The predicted octanol–water partition coefficient (Wildman–Crippen LogP) is 8.82. The molecule has 0 aromatic rings. The SMILES string of the molecule is C=CC1CCC(C2CCC(COC(=C/C=C/OCC3CCC(C)CC3)/C(F)=C/F)CC2)CC1. The van der Waals surface area contributed by atoms with Crippen molar-refractivity contribution in [1.29, 1.82) is 0 Å². The van der Waals surface area contributed by atoms with Gasteiger partial charge in [0.2, 0.25) is 0 Å². The zero-order valence-corrected chi connectivity index (χ0v) is 20.5. The summed E-state index contributed by atoms with van der Waals surface area (Å²) in [7, 11) is 0. The van der Waals surface area contributed by atoms with Crippen molar-refractivity contribution >= 4 is 0 Å². The minimum atomic E-state index is -0.964. The normalized spacial score (nSPS) is 34.3. The first-order valence-electron chi connectivity index (χ1n) is 13.3. The molecule has 0 heterocycles. The van der Waals surface area contributed by atoms with Crippen LogP contribution in [0.2, 0.25) is 0 Å². The van der Waals surface area contributed by atoms with E-state index in [1.807, 2.05) is 0 Å². The van der Waals surface area contributed by atoms with Crippen LogP contribution in [-0.4, -0.2) is 13.2 Å². The molecular formula is C29H44F2O2. The number of halogens is 2. The van der Waals surface area contributed by atoms with Crippen LogP contribution in [0.3, 0.4) is 0 Å². The molecule has 0 N–H and O–H groups in total. The lowest BCUT2D eigenvalue weighted by Crippen LogP contribution is -2.26. The maximum Gasteiger partial charge on any atom is 0.193 e. The van der Waals surface area contributed by atoms with Crippen molar-refractivity contribution in [2.24, 2.45) is 35.5 Å². The van der Waals surface area contributed by atoms with E-state index in [0.717, 1.165) is 30.6 Å². The van der Waals surface area contributed by atoms with E-state index >= 15 is 0 Å². The van der Waals surface area contributed by atoms with Crippen molar-refractivity contribution in [3.63, 3.8) is 0 Å². The van der Waals surface area contributed by atoms with Gasteiger partial charge >= 0.3 is 0 Å². The summed E-state index contributed by atoms with van der Waals surface area (Å²) in [6.45, 7) is 7.38. The van der Waals surface area contributed by atoms with Crippen molar-refractivity contribution in [3.05, 3.63) is 49.0 Å². The lowest BCUT2D eigenvalue weighted by Gasteiger charge is -2.37. The predicted molar refractivity (Wildman–Crippen MR) is 132 cm³/mol. The van der Waals surface area contributed by atoms with Gasteiger partial charge in [0, 0.05) is 0 Å². The number of hydrogen-bond acceptors (Lipinski definition) is 2. The molecule has 0 radical (unpaired) electrons. The van der Waals surface area contributed by atoms with Crippen LogP contribution in [0.1, 0.15) is 84.0 Å². The highest BCUT2D eigenvalue weighted by Gasteiger charge is 2.30. The molecule has 0 saturated heterocycles. The van der Waals surface area contributed by atoms with E-state index in [2.05, 4.69) is 19.6 Å². The molecule has 0 spiro atoms. The third-order valence-corrected chi connectivity index (χ3v) is 8.40. The van der Waals surface area contributed by atoms with Crippen molar-refractivity contribution in [2.45, 2.75) is 84.0 Å². The van der Waals surface area contributed by atoms with Crippen LogP contribution in [0.25, 0.3) is 0 Å². The molecule has 0 aliphatic heterocycles. The van der Waals surface area contributed by atoms with Crippen LogP contribution >= 0.6 is 0 Å². The van der Waals surface area contributed by atoms with Gasteiger partial charge in [-0.15, -0.1) is 6.58 Å². The Bertz CT molecular complexity index is 659. The lowest BCUT2D eigenvalue weighted by molar-refractivity contribution is 0.101. The average molecular weight is 463 g/mol. The maximum atomic E-state index is 14.0. The molecule has 0 aromatic carbocycles. The molecule has 0 unspecified atom stereocenters. The lowest BCUT2D eigenvalue weighted by atomic mass is 9.69. The van der Waals surface area contributed by atoms with Gasteiger partial charge in [0.05, 0.1) is 19.5 Å². The summed E-state index contributed by atoms with van der Waals surface area (Å²) in [6, 6.07) is 0. The largest absolute Gasteiger partial charge is 0.501 e. The first kappa shape index (κ1) is 26.0. The third kappa shape index (κ3) is 8.61. The monoisotopic (exact) mass is 462 g/mol. The Balaban J connectivity index is 1.37. The van der Waals surface area contributed by atoms with Gasteiger partial charge in [-0.2, -0.15) is 0 Å². The molecule has 0 atom stereocenters. The Morgan fingerprint density at radius 1 is 0.848 bits per heavy atom. The first-order chi connectivity index (χ1) is 16.1. The quantitative estimate of drug-likeness (QED) is 0.183. The Morgan fingerprint density at radius 2 is 1.42 bits per heavy atom. The van der Waals surface area contributed by atoms with Gasteiger partial charge in [-0.05, 0) is 112 Å². The van der Waals surface area contributed by atoms with Crippen LogP contribution in [0.15, 0.2) is 49.0 Å². The van der Waals surface area contributed by atoms with Crippen LogP contribution in [0.4, 0.5) is 8.78 Å². The van der Waals surface area contributed by atoms with Crippen LogP contribution in [0, 0.1) is 35.5 Å². The van der Waals surface area contributed by atoms with Crippen molar-refractivity contribution in [2.75, 3.05) is 13.2 Å². The first-order valence-corrected chi connectivity index (χ1v) is 13.3. The second kappa shape index (κ2) is 14.0. The average Bonchev–Trinajstić information content (AvgIpc) is 2.86. The molecule has 186 valence electrons. The summed E-state index contributed by atoms with van der Waals surface area (Å²) in [5, 5.41) is 0. The molecule has 4 heteroatoms. The fourth-order valence-corrected chi connectivity index (χ4v) is 6.01. The van der Waals surface area contributed by atoms with Crippen LogP contribution in [0.5, 0.6) is 0 Å². The van der Waals surface area contributed by atoms with Crippen molar-refractivity contribution < 1.29 is 18.3 Å². The molecule has 3 aliphatic carbocycles. The fraction of sp³-hybridized carbons (Fsp3) is 0.724. The van der Waals surface area contributed by atoms with E-state index in [9.17, 15) is 8.78 Å². The maximum absolute atomic E-state index is 14.0. The zero-order valence-electron chi connectivity index (χ0n) is 20.5. The molecule has 3 rings (SSSR count). The van der Waals surface area contributed by atoms with E-state index in [1.54, 1.807) is 12.3 Å². The van der Waals surface area contributed by atoms with Gasteiger partial charge in [-0.3, -0.25) is 0 Å². The molecule has 0 aromatic heterocycles. The summed E-state index contributed by atoms with van der Waals surface area (Å²) >= 11 is 0. The second-order valence-electron chi connectivity index (χ2n) is 10.8. The number of hydrogen-bond donors (Lipinski definition) is 0. The van der Waals surface area contributed by atoms with Crippen LogP contribution < -0.4 is 0 Å². The molecule has 3 fully saturated rings. The summed E-state index contributed by atoms with van der Waals surface area (Å²) in [5.41, 5.74) is 0. The minimum absolute atomic E-state index is 0.0276. The Morgan fingerprint density at radius 3 is 2.03 bits per heavy atom. The highest BCUT2D eigenvalue weighted by molar-refractivity contribution is 5.22. The van der Waals surface area contributed by atoms with E-state index in [0.29, 0.717) is 31.0 Å². The van der Waals surface area contributed by atoms with Gasteiger partial charge in [-0.1, -0.05) is 25.8 Å². The molecular weight excluding hydrogens is 418 g/mol. The summed E-state index contributed by atoms with van der Waals surface area (Å²) < 4.78 is 38.1. The highest BCUT2D eigenvalue weighted by atomic mass is 19.2. The minimum Gasteiger partial charge on any atom is -0.501 e. The van der Waals surface area contributed by atoms with E-state index in [4.69, 9.17) is 9.47 Å². The topological polar surface area (TPSA) is 18.5 Å². The molecule has 3 saturated carbocycles. The summed E-state index contributed by atoms with van der Waals surface area (Å²) in [5.74, 6) is 3.20. The zero-order chi connectivity index (χ0) is 23.5. The van der Waals surface area contributed by atoms with Crippen molar-refractivity contribution in [3.8, 4) is 0 Å². The standard InChI is InChI=1S/C29H44F2O2/c1-3-23-10-14-26(15-11-23)27-16-12-25(13-17-27)21-33-29(28(31)19-30)5-4-18-32-20-24-8-6-22(2)7-9-24/h3-5,18-19,22-27H,1,6-17,20-21H2,2H3/b18-4+,28-19-,29-5+. The number of allylic oxidation sites excluding steroid dienone is 4. The van der Waals surface area contributed by atoms with Crippen molar-refractivity contribution in [1.82, 2.24) is 0 Å². The summed E-state index contributed by atoms with van der Waals surface area (Å²) in [6.07, 6.45) is 21.6. The molecule has 0 amide bonds. The van der Waals surface area contributed by atoms with Gasteiger partial charge in [-0.25, -0.2) is 8.78 Å². The number of rotatable bonds is 10. The molecule has 3 aliphatic rings. The highest BCUT2D eigenvalue weighted by Crippen LogP contribution is 2.41. The second-order valence-corrected chi connectivity index (χ2v) is 10.8. The smallest absolute Gasteiger partial charge is 0.193 e. The van der Waals surface area contributed by atoms with E-state index < -0.39 is 5.83 Å². The van der Waals surface area contributed by atoms with E-state index in [1.165, 1.54) is 70.3 Å². The van der Waals surface area contributed by atoms with Crippen LogP contribution in [-0.2, 0) is 9.47 Å². The molecule has 0 bridgehead atoms. The number of ether oxygens (including phenoxy) is 2.